The maximum atomic E-state index is 6.04. The summed E-state index contributed by atoms with van der Waals surface area (Å²) in [6, 6.07) is 0.343. The fourth-order valence-corrected chi connectivity index (χ4v) is 1.78. The summed E-state index contributed by atoms with van der Waals surface area (Å²) in [5.74, 6) is 1.46. The van der Waals surface area contributed by atoms with Crippen LogP contribution in [-0.2, 0) is 0 Å². The van der Waals surface area contributed by atoms with Gasteiger partial charge in [-0.2, -0.15) is 0 Å². The first-order valence-electron chi connectivity index (χ1n) is 5.78. The molecule has 2 nitrogen and oxygen atoms in total. The molecule has 0 amide bonds. The fourth-order valence-electron chi connectivity index (χ4n) is 1.78. The van der Waals surface area contributed by atoms with E-state index in [1.54, 1.807) is 0 Å². The van der Waals surface area contributed by atoms with Crippen molar-refractivity contribution in [1.29, 1.82) is 0 Å². The van der Waals surface area contributed by atoms with E-state index in [1.807, 2.05) is 0 Å². The van der Waals surface area contributed by atoms with E-state index >= 15 is 0 Å². The Bertz CT molecular complexity index is 175. The van der Waals surface area contributed by atoms with Crippen LogP contribution in [0.2, 0.25) is 0 Å². The number of hydrogen-bond donors (Lipinski definition) is 1. The van der Waals surface area contributed by atoms with E-state index in [9.17, 15) is 0 Å². The number of nitrogens with two attached hydrogens (primary N) is 1. The van der Waals surface area contributed by atoms with E-state index in [0.717, 1.165) is 12.5 Å². The Morgan fingerprint density at radius 2 is 1.79 bits per heavy atom. The summed E-state index contributed by atoms with van der Waals surface area (Å²) < 4.78 is 0. The molecule has 1 aliphatic rings. The topological polar surface area (TPSA) is 29.3 Å². The van der Waals surface area contributed by atoms with Gasteiger partial charge in [-0.3, -0.25) is 0 Å². The van der Waals surface area contributed by atoms with Gasteiger partial charge in [0.25, 0.3) is 0 Å². The third kappa shape index (κ3) is 2.96. The minimum Gasteiger partial charge on any atom is -0.326 e. The van der Waals surface area contributed by atoms with E-state index in [0.29, 0.717) is 17.4 Å². The van der Waals surface area contributed by atoms with Gasteiger partial charge in [-0.05, 0) is 17.3 Å². The molecule has 1 fully saturated rings. The zero-order valence-corrected chi connectivity index (χ0v) is 10.4. The number of nitrogens with zero attached hydrogens (tertiary/aromatic N) is 1. The van der Waals surface area contributed by atoms with Crippen LogP contribution in [0, 0.1) is 17.3 Å². The van der Waals surface area contributed by atoms with E-state index in [2.05, 4.69) is 39.5 Å². The molecule has 1 unspecified atom stereocenters. The van der Waals surface area contributed by atoms with Crippen LogP contribution in [0.15, 0.2) is 0 Å². The summed E-state index contributed by atoms with van der Waals surface area (Å²) in [6.07, 6.45) is 0. The molecule has 0 bridgehead atoms. The molecule has 0 aliphatic carbocycles. The molecule has 0 saturated carbocycles. The van der Waals surface area contributed by atoms with Gasteiger partial charge in [-0.15, -0.1) is 0 Å². The second kappa shape index (κ2) is 4.19. The van der Waals surface area contributed by atoms with Gasteiger partial charge in [0.15, 0.2) is 0 Å². The Balaban J connectivity index is 2.22. The molecule has 1 atom stereocenters. The van der Waals surface area contributed by atoms with Crippen molar-refractivity contribution < 1.29 is 0 Å². The lowest BCUT2D eigenvalue weighted by Crippen LogP contribution is -2.55. The minimum absolute atomic E-state index is 0.343. The summed E-state index contributed by atoms with van der Waals surface area (Å²) in [6.45, 7) is 14.9. The van der Waals surface area contributed by atoms with Crippen molar-refractivity contribution in [2.75, 3.05) is 19.6 Å². The second-order valence-corrected chi connectivity index (χ2v) is 6.19. The molecule has 0 aromatic carbocycles. The average Bonchev–Trinajstić information content (AvgIpc) is 1.92. The van der Waals surface area contributed by atoms with Crippen molar-refractivity contribution in [2.45, 2.75) is 40.7 Å². The highest BCUT2D eigenvalue weighted by Crippen LogP contribution is 2.33. The van der Waals surface area contributed by atoms with Gasteiger partial charge in [-0.25, -0.2) is 0 Å². The van der Waals surface area contributed by atoms with Crippen molar-refractivity contribution in [1.82, 2.24) is 4.90 Å². The summed E-state index contributed by atoms with van der Waals surface area (Å²) in [5.41, 5.74) is 6.51. The first-order chi connectivity index (χ1) is 6.30. The highest BCUT2D eigenvalue weighted by Gasteiger charge is 2.36. The van der Waals surface area contributed by atoms with Crippen LogP contribution < -0.4 is 5.73 Å². The number of likely N-dealkylation sites (tertiary alicyclic amines) is 1. The average molecular weight is 198 g/mol. The molecule has 1 aliphatic heterocycles. The lowest BCUT2D eigenvalue weighted by Gasteiger charge is -2.47. The lowest BCUT2D eigenvalue weighted by atomic mass is 9.76. The molecule has 1 rings (SSSR count). The summed E-state index contributed by atoms with van der Waals surface area (Å²) >= 11 is 0. The van der Waals surface area contributed by atoms with Gasteiger partial charge in [-0.1, -0.05) is 34.6 Å². The van der Waals surface area contributed by atoms with Crippen molar-refractivity contribution in [3.63, 3.8) is 0 Å². The van der Waals surface area contributed by atoms with Crippen LogP contribution in [0.4, 0.5) is 0 Å². The minimum atomic E-state index is 0.343. The Kier molecular flexibility index (Phi) is 3.59. The van der Waals surface area contributed by atoms with Gasteiger partial charge < -0.3 is 10.6 Å². The van der Waals surface area contributed by atoms with Gasteiger partial charge in [0.1, 0.15) is 0 Å². The monoisotopic (exact) mass is 198 g/mol. The van der Waals surface area contributed by atoms with Crippen LogP contribution in [0.1, 0.15) is 34.6 Å². The molecule has 0 radical (unpaired) electrons. The largest absolute Gasteiger partial charge is 0.326 e. The Labute approximate surface area is 88.8 Å². The van der Waals surface area contributed by atoms with Crippen LogP contribution in [0.3, 0.4) is 0 Å². The van der Waals surface area contributed by atoms with Crippen molar-refractivity contribution in [3.05, 3.63) is 0 Å². The van der Waals surface area contributed by atoms with E-state index < -0.39 is 0 Å². The Morgan fingerprint density at radius 1 is 1.29 bits per heavy atom. The maximum absolute atomic E-state index is 6.04. The molecule has 2 heteroatoms. The van der Waals surface area contributed by atoms with Crippen LogP contribution in [0.25, 0.3) is 0 Å². The summed E-state index contributed by atoms with van der Waals surface area (Å²) in [4.78, 5) is 2.49. The molecule has 84 valence electrons. The predicted molar refractivity (Wildman–Crippen MR) is 62.2 cm³/mol. The second-order valence-electron chi connectivity index (χ2n) is 6.19. The van der Waals surface area contributed by atoms with Crippen molar-refractivity contribution in [3.8, 4) is 0 Å². The highest BCUT2D eigenvalue weighted by atomic mass is 15.2. The molecule has 2 N–H and O–H groups in total. The molecule has 0 spiro atoms. The maximum Gasteiger partial charge on any atom is 0.0191 e. The Hall–Kier alpha value is -0.0800. The van der Waals surface area contributed by atoms with Crippen LogP contribution >= 0.6 is 0 Å². The van der Waals surface area contributed by atoms with Gasteiger partial charge in [0.2, 0.25) is 0 Å². The zero-order chi connectivity index (χ0) is 10.9. The lowest BCUT2D eigenvalue weighted by molar-refractivity contribution is 0.0180. The molecule has 0 aromatic heterocycles. The van der Waals surface area contributed by atoms with Crippen LogP contribution in [0.5, 0.6) is 0 Å². The Morgan fingerprint density at radius 3 is 2.14 bits per heavy atom. The smallest absolute Gasteiger partial charge is 0.0191 e. The van der Waals surface area contributed by atoms with E-state index in [-0.39, 0.29) is 0 Å². The summed E-state index contributed by atoms with van der Waals surface area (Å²) in [5, 5.41) is 0. The quantitative estimate of drug-likeness (QED) is 0.751. The first kappa shape index (κ1) is 12.0. The molecule has 1 saturated heterocycles. The number of hydrogen-bond acceptors (Lipinski definition) is 2. The van der Waals surface area contributed by atoms with Crippen LogP contribution in [-0.4, -0.2) is 30.6 Å². The predicted octanol–water partition coefficient (Wildman–Crippen LogP) is 1.95. The van der Waals surface area contributed by atoms with Crippen molar-refractivity contribution in [2.24, 2.45) is 23.0 Å². The standard InChI is InChI=1S/C12H26N2/c1-9(2)11(13)8-14-6-10(7-14)12(3,4)5/h9-11H,6-8,13H2,1-5H3. The van der Waals surface area contributed by atoms with Gasteiger partial charge in [0, 0.05) is 25.7 Å². The molecule has 1 heterocycles. The fraction of sp³-hybridized carbons (Fsp3) is 1.00. The number of rotatable bonds is 3. The third-order valence-electron chi connectivity index (χ3n) is 3.51. The van der Waals surface area contributed by atoms with Gasteiger partial charge >= 0.3 is 0 Å². The van der Waals surface area contributed by atoms with Gasteiger partial charge in [0.05, 0.1) is 0 Å². The third-order valence-corrected chi connectivity index (χ3v) is 3.51. The summed E-state index contributed by atoms with van der Waals surface area (Å²) in [7, 11) is 0. The van der Waals surface area contributed by atoms with E-state index in [4.69, 9.17) is 5.73 Å². The normalized spacial score (nSPS) is 22.5. The molecule has 0 aromatic rings. The molecular weight excluding hydrogens is 172 g/mol. The SMILES string of the molecule is CC(C)C(N)CN1CC(C(C)(C)C)C1. The molecular formula is C12H26N2. The zero-order valence-electron chi connectivity index (χ0n) is 10.4. The first-order valence-corrected chi connectivity index (χ1v) is 5.78. The van der Waals surface area contributed by atoms with E-state index in [1.165, 1.54) is 13.1 Å². The molecule has 14 heavy (non-hydrogen) atoms. The van der Waals surface area contributed by atoms with Crippen molar-refractivity contribution >= 4 is 0 Å². The highest BCUT2D eigenvalue weighted by molar-refractivity contribution is 4.89.